The second kappa shape index (κ2) is 11.6. The van der Waals surface area contributed by atoms with Gasteiger partial charge < -0.3 is 19.2 Å². The average Bonchev–Trinajstić information content (AvgIpc) is 3.30. The standard InChI is InChI=1S/C22H21BrN4O7S/c1-32-15-7-10-20(33-2)19(11-15)26-21(28)22(29)27-24-12-16-5-6-17(34-16)13-25-35(30,31)18-8-3-14(23)4-9-18/h3-12,25H,13H2,1-2H3,(H,26,28)(H,27,29)/b24-12+. The van der Waals surface area contributed by atoms with Crippen molar-refractivity contribution in [1.29, 1.82) is 0 Å². The monoisotopic (exact) mass is 564 g/mol. The van der Waals surface area contributed by atoms with Crippen LogP contribution in [0.5, 0.6) is 11.5 Å². The first kappa shape index (κ1) is 25.9. The van der Waals surface area contributed by atoms with Crippen LogP contribution in [0.3, 0.4) is 0 Å². The summed E-state index contributed by atoms with van der Waals surface area (Å²) >= 11 is 3.25. The summed E-state index contributed by atoms with van der Waals surface area (Å²) in [6.07, 6.45) is 1.17. The highest BCUT2D eigenvalue weighted by atomic mass is 79.9. The summed E-state index contributed by atoms with van der Waals surface area (Å²) in [5.41, 5.74) is 2.33. The number of amides is 2. The molecular formula is C22H21BrN4O7S. The van der Waals surface area contributed by atoms with E-state index in [-0.39, 0.29) is 22.9 Å². The van der Waals surface area contributed by atoms with E-state index in [1.807, 2.05) is 0 Å². The Hall–Kier alpha value is -3.68. The molecule has 0 saturated carbocycles. The molecule has 13 heteroatoms. The molecule has 1 aromatic heterocycles. The Kier molecular flexibility index (Phi) is 8.63. The molecule has 2 amide bonds. The fraction of sp³-hybridized carbons (Fsp3) is 0.136. The van der Waals surface area contributed by atoms with E-state index >= 15 is 0 Å². The lowest BCUT2D eigenvalue weighted by Gasteiger charge is -2.10. The first-order valence-corrected chi connectivity index (χ1v) is 12.2. The third-order valence-electron chi connectivity index (χ3n) is 4.46. The molecule has 35 heavy (non-hydrogen) atoms. The van der Waals surface area contributed by atoms with Gasteiger partial charge in [-0.3, -0.25) is 9.59 Å². The zero-order chi connectivity index (χ0) is 25.4. The molecule has 3 N–H and O–H groups in total. The Labute approximate surface area is 209 Å². The number of furan rings is 1. The molecule has 0 radical (unpaired) electrons. The van der Waals surface area contributed by atoms with Crippen LogP contribution in [0.2, 0.25) is 0 Å². The quantitative estimate of drug-likeness (QED) is 0.205. The predicted molar refractivity (Wildman–Crippen MR) is 131 cm³/mol. The number of benzene rings is 2. The van der Waals surface area contributed by atoms with Crippen molar-refractivity contribution in [1.82, 2.24) is 10.1 Å². The van der Waals surface area contributed by atoms with E-state index < -0.39 is 21.8 Å². The third-order valence-corrected chi connectivity index (χ3v) is 6.41. The average molecular weight is 565 g/mol. The fourth-order valence-electron chi connectivity index (χ4n) is 2.72. The predicted octanol–water partition coefficient (Wildman–Crippen LogP) is 2.63. The van der Waals surface area contributed by atoms with Gasteiger partial charge in [-0.15, -0.1) is 0 Å². The highest BCUT2D eigenvalue weighted by Gasteiger charge is 2.17. The molecule has 0 atom stereocenters. The van der Waals surface area contributed by atoms with Crippen LogP contribution in [-0.2, 0) is 26.2 Å². The number of ether oxygens (including phenoxy) is 2. The number of sulfonamides is 1. The molecule has 0 saturated heterocycles. The second-order valence-electron chi connectivity index (χ2n) is 6.80. The van der Waals surface area contributed by atoms with Crippen molar-refractivity contribution in [2.75, 3.05) is 19.5 Å². The van der Waals surface area contributed by atoms with Gasteiger partial charge in [0.25, 0.3) is 0 Å². The van der Waals surface area contributed by atoms with Crippen LogP contribution in [0.1, 0.15) is 11.5 Å². The van der Waals surface area contributed by atoms with E-state index in [2.05, 4.69) is 36.5 Å². The van der Waals surface area contributed by atoms with Crippen LogP contribution in [0, 0.1) is 0 Å². The Morgan fingerprint density at radius 1 is 1.03 bits per heavy atom. The van der Waals surface area contributed by atoms with Gasteiger partial charge in [-0.2, -0.15) is 5.10 Å². The minimum Gasteiger partial charge on any atom is -0.497 e. The van der Waals surface area contributed by atoms with E-state index in [9.17, 15) is 18.0 Å². The summed E-state index contributed by atoms with van der Waals surface area (Å²) in [6.45, 7) is -0.0939. The molecule has 0 unspecified atom stereocenters. The first-order chi connectivity index (χ1) is 16.7. The van der Waals surface area contributed by atoms with E-state index in [1.54, 1.807) is 30.3 Å². The summed E-state index contributed by atoms with van der Waals surface area (Å²) in [6, 6.07) is 14.0. The van der Waals surface area contributed by atoms with Gasteiger partial charge in [0.05, 0.1) is 37.6 Å². The molecule has 0 fully saturated rings. The number of anilines is 1. The number of nitrogens with zero attached hydrogens (tertiary/aromatic N) is 1. The maximum Gasteiger partial charge on any atom is 0.329 e. The smallest absolute Gasteiger partial charge is 0.329 e. The highest BCUT2D eigenvalue weighted by molar-refractivity contribution is 9.10. The third kappa shape index (κ3) is 7.15. The van der Waals surface area contributed by atoms with Crippen LogP contribution >= 0.6 is 15.9 Å². The normalized spacial score (nSPS) is 11.3. The van der Waals surface area contributed by atoms with Gasteiger partial charge in [0.15, 0.2) is 0 Å². The maximum absolute atomic E-state index is 12.3. The summed E-state index contributed by atoms with van der Waals surface area (Å²) < 4.78 is 43.6. The number of carbonyl (C=O) groups excluding carboxylic acids is 2. The van der Waals surface area contributed by atoms with Gasteiger partial charge in [0.1, 0.15) is 23.0 Å². The van der Waals surface area contributed by atoms with Crippen molar-refractivity contribution in [3.63, 3.8) is 0 Å². The number of hydrogen-bond acceptors (Lipinski definition) is 8. The molecule has 2 aromatic carbocycles. The number of methoxy groups -OCH3 is 2. The summed E-state index contributed by atoms with van der Waals surface area (Å²) in [5.74, 6) is -0.641. The van der Waals surface area contributed by atoms with Gasteiger partial charge in [0.2, 0.25) is 10.0 Å². The zero-order valence-electron chi connectivity index (χ0n) is 18.6. The first-order valence-electron chi connectivity index (χ1n) is 9.92. The number of carbonyl (C=O) groups is 2. The molecule has 0 bridgehead atoms. The number of hydrazone groups is 1. The second-order valence-corrected chi connectivity index (χ2v) is 9.48. The lowest BCUT2D eigenvalue weighted by molar-refractivity contribution is -0.136. The van der Waals surface area contributed by atoms with Crippen molar-refractivity contribution in [3.05, 3.63) is 70.6 Å². The molecule has 0 spiro atoms. The Balaban J connectivity index is 1.53. The van der Waals surface area contributed by atoms with Crippen LogP contribution < -0.4 is 24.9 Å². The van der Waals surface area contributed by atoms with Gasteiger partial charge in [-0.1, -0.05) is 15.9 Å². The molecule has 3 rings (SSSR count). The molecular weight excluding hydrogens is 544 g/mol. The van der Waals surface area contributed by atoms with Crippen LogP contribution in [0.25, 0.3) is 0 Å². The summed E-state index contributed by atoms with van der Waals surface area (Å²) in [5, 5.41) is 6.10. The number of rotatable bonds is 9. The van der Waals surface area contributed by atoms with Crippen LogP contribution in [0.4, 0.5) is 5.69 Å². The molecule has 0 aliphatic heterocycles. The highest BCUT2D eigenvalue weighted by Crippen LogP contribution is 2.28. The topological polar surface area (TPSA) is 148 Å². The van der Waals surface area contributed by atoms with Crippen molar-refractivity contribution >= 4 is 49.7 Å². The van der Waals surface area contributed by atoms with Crippen molar-refractivity contribution in [2.24, 2.45) is 5.10 Å². The van der Waals surface area contributed by atoms with Crippen molar-refractivity contribution in [2.45, 2.75) is 11.4 Å². The Bertz CT molecular complexity index is 1340. The summed E-state index contributed by atoms with van der Waals surface area (Å²) in [7, 11) is -0.835. The minimum atomic E-state index is -3.72. The van der Waals surface area contributed by atoms with E-state index in [4.69, 9.17) is 13.9 Å². The lowest BCUT2D eigenvalue weighted by atomic mass is 10.2. The van der Waals surface area contributed by atoms with Gasteiger partial charge >= 0.3 is 11.8 Å². The number of halogens is 1. The Morgan fingerprint density at radius 2 is 1.77 bits per heavy atom. The van der Waals surface area contributed by atoms with Gasteiger partial charge in [0, 0.05) is 10.5 Å². The molecule has 3 aromatic rings. The molecule has 11 nitrogen and oxygen atoms in total. The maximum atomic E-state index is 12.3. The Morgan fingerprint density at radius 3 is 2.46 bits per heavy atom. The number of nitrogens with one attached hydrogen (secondary N) is 3. The molecule has 0 aliphatic carbocycles. The molecule has 0 aliphatic rings. The van der Waals surface area contributed by atoms with Gasteiger partial charge in [-0.25, -0.2) is 18.6 Å². The van der Waals surface area contributed by atoms with E-state index in [0.717, 1.165) is 4.47 Å². The van der Waals surface area contributed by atoms with Crippen LogP contribution in [-0.4, -0.2) is 40.7 Å². The van der Waals surface area contributed by atoms with Crippen LogP contribution in [0.15, 0.2) is 73.5 Å². The molecule has 1 heterocycles. The lowest BCUT2D eigenvalue weighted by Crippen LogP contribution is -2.32. The minimum absolute atomic E-state index is 0.0939. The summed E-state index contributed by atoms with van der Waals surface area (Å²) in [4.78, 5) is 24.3. The SMILES string of the molecule is COc1ccc(OC)c(NC(=O)C(=O)N/N=C/c2ccc(CNS(=O)(=O)c3ccc(Br)cc3)o2)c1. The van der Waals surface area contributed by atoms with Crippen molar-refractivity contribution in [3.8, 4) is 11.5 Å². The van der Waals surface area contributed by atoms with E-state index in [0.29, 0.717) is 17.3 Å². The van der Waals surface area contributed by atoms with E-state index in [1.165, 1.54) is 44.7 Å². The fourth-order valence-corrected chi connectivity index (χ4v) is 3.98. The zero-order valence-corrected chi connectivity index (χ0v) is 21.0. The van der Waals surface area contributed by atoms with Gasteiger partial charge in [-0.05, 0) is 48.5 Å². The van der Waals surface area contributed by atoms with Crippen molar-refractivity contribution < 1.29 is 31.9 Å². The molecule has 184 valence electrons. The largest absolute Gasteiger partial charge is 0.497 e. The number of hydrogen-bond donors (Lipinski definition) is 3.